The van der Waals surface area contributed by atoms with E-state index >= 15 is 0 Å². The van der Waals surface area contributed by atoms with Gasteiger partial charge in [-0.15, -0.1) is 0 Å². The normalized spacial score (nSPS) is 13.7. The second kappa shape index (κ2) is 7.39. The topological polar surface area (TPSA) is 45.4 Å². The molecular weight excluding hydrogens is 380 g/mol. The summed E-state index contributed by atoms with van der Waals surface area (Å²) in [5.74, 6) is 0.697. The first-order valence-corrected chi connectivity index (χ1v) is 9.89. The Morgan fingerprint density at radius 1 is 0.931 bits per heavy atom. The lowest BCUT2D eigenvalue weighted by Crippen LogP contribution is -2.51. The van der Waals surface area contributed by atoms with Gasteiger partial charge in [0.1, 0.15) is 18.0 Å². The number of hydrogen-bond donors (Lipinski definition) is 0. The van der Waals surface area contributed by atoms with E-state index < -0.39 is 10.8 Å². The summed E-state index contributed by atoms with van der Waals surface area (Å²) in [6, 6.07) is 28.1. The van der Waals surface area contributed by atoms with Crippen LogP contribution in [0.3, 0.4) is 0 Å². The van der Waals surface area contributed by atoms with Crippen LogP contribution in [-0.4, -0.2) is 12.3 Å². The van der Waals surface area contributed by atoms with Gasteiger partial charge in [-0.25, -0.2) is 4.99 Å². The van der Waals surface area contributed by atoms with Crippen LogP contribution < -0.4 is 4.74 Å². The molecule has 4 heteroatoms. The van der Waals surface area contributed by atoms with Crippen molar-refractivity contribution in [1.82, 2.24) is 0 Å². The van der Waals surface area contributed by atoms with E-state index in [-0.39, 0.29) is 0 Å². The van der Waals surface area contributed by atoms with E-state index in [1.165, 1.54) is 0 Å². The predicted molar refractivity (Wildman–Crippen MR) is 117 cm³/mol. The third-order valence-electron chi connectivity index (χ3n) is 5.60. The van der Waals surface area contributed by atoms with Crippen LogP contribution in [0.2, 0.25) is 5.02 Å². The largest absolute Gasteiger partial charge is 0.485 e. The van der Waals surface area contributed by atoms with Crippen molar-refractivity contribution in [2.75, 3.05) is 6.61 Å². The molecule has 29 heavy (non-hydrogen) atoms. The molecule has 3 nitrogen and oxygen atoms in total. The van der Waals surface area contributed by atoms with E-state index in [2.05, 4.69) is 30.3 Å². The van der Waals surface area contributed by atoms with Crippen LogP contribution in [0.15, 0.2) is 83.9 Å². The summed E-state index contributed by atoms with van der Waals surface area (Å²) < 4.78 is 6.08. The number of rotatable bonds is 4. The number of fused-ring (bicyclic) bond motifs is 1. The molecule has 3 aromatic carbocycles. The monoisotopic (exact) mass is 400 g/mol. The van der Waals surface area contributed by atoms with Gasteiger partial charge in [0.15, 0.2) is 0 Å². The molecule has 1 aliphatic heterocycles. The quantitative estimate of drug-likeness (QED) is 0.512. The first kappa shape index (κ1) is 19.2. The van der Waals surface area contributed by atoms with Crippen LogP contribution in [0.5, 0.6) is 5.75 Å². The second-order valence-electron chi connectivity index (χ2n) is 7.68. The lowest BCUT2D eigenvalue weighted by molar-refractivity contribution is 0.320. The average molecular weight is 401 g/mol. The molecule has 144 valence electrons. The van der Waals surface area contributed by atoms with Crippen LogP contribution in [0.25, 0.3) is 0 Å². The van der Waals surface area contributed by atoms with Crippen molar-refractivity contribution in [3.63, 3.8) is 0 Å². The molecular formula is C25H21ClN2O. The predicted octanol–water partition coefficient (Wildman–Crippen LogP) is 6.34. The van der Waals surface area contributed by atoms with Crippen LogP contribution in [0.1, 0.15) is 25.0 Å². The first-order chi connectivity index (χ1) is 14.0. The van der Waals surface area contributed by atoms with Crippen molar-refractivity contribution < 1.29 is 4.74 Å². The van der Waals surface area contributed by atoms with Gasteiger partial charge in [-0.1, -0.05) is 72.3 Å². The summed E-state index contributed by atoms with van der Waals surface area (Å²) in [7, 11) is 0. The van der Waals surface area contributed by atoms with Gasteiger partial charge in [0.05, 0.1) is 22.6 Å². The molecule has 4 rings (SSSR count). The smallest absolute Gasteiger partial charge is 0.145 e. The van der Waals surface area contributed by atoms with Crippen molar-refractivity contribution in [3.05, 3.63) is 95.0 Å². The maximum atomic E-state index is 10.3. The fourth-order valence-corrected chi connectivity index (χ4v) is 4.42. The molecule has 0 spiro atoms. The summed E-state index contributed by atoms with van der Waals surface area (Å²) in [6.07, 6.45) is 0. The average Bonchev–Trinajstić information content (AvgIpc) is 2.75. The number of ether oxygens (including phenoxy) is 1. The molecule has 0 aromatic heterocycles. The van der Waals surface area contributed by atoms with Crippen molar-refractivity contribution >= 4 is 23.0 Å². The molecule has 0 N–H and O–H groups in total. The molecule has 0 fully saturated rings. The summed E-state index contributed by atoms with van der Waals surface area (Å²) in [4.78, 5) is 5.00. The minimum atomic E-state index is -0.798. The number of nitrogens with zero attached hydrogens (tertiary/aromatic N) is 2. The zero-order valence-electron chi connectivity index (χ0n) is 16.4. The fourth-order valence-electron chi connectivity index (χ4n) is 4.26. The third-order valence-corrected chi connectivity index (χ3v) is 5.84. The molecule has 0 bridgehead atoms. The van der Waals surface area contributed by atoms with Gasteiger partial charge < -0.3 is 4.74 Å². The Kier molecular flexibility index (Phi) is 4.90. The van der Waals surface area contributed by atoms with Gasteiger partial charge in [0, 0.05) is 5.02 Å². The van der Waals surface area contributed by atoms with Crippen molar-refractivity contribution in [2.24, 2.45) is 10.4 Å². The SMILES string of the molecule is CC(C)(C#N)C(C1=Nc2cc(Cl)ccc2OC1)(c1ccccc1)c1ccccc1. The minimum absolute atomic E-state index is 0.295. The van der Waals surface area contributed by atoms with E-state index in [0.29, 0.717) is 23.1 Å². The highest BCUT2D eigenvalue weighted by Gasteiger charge is 2.53. The lowest BCUT2D eigenvalue weighted by atomic mass is 9.56. The highest BCUT2D eigenvalue weighted by molar-refractivity contribution is 6.31. The Labute approximate surface area is 176 Å². The second-order valence-corrected chi connectivity index (χ2v) is 8.11. The zero-order valence-corrected chi connectivity index (χ0v) is 17.1. The van der Waals surface area contributed by atoms with Gasteiger partial charge in [-0.2, -0.15) is 5.26 Å². The van der Waals surface area contributed by atoms with Gasteiger partial charge in [0.25, 0.3) is 0 Å². The summed E-state index contributed by atoms with van der Waals surface area (Å²) >= 11 is 6.21. The van der Waals surface area contributed by atoms with E-state index in [9.17, 15) is 5.26 Å². The standard InChI is InChI=1S/C25H21ClN2O/c1-24(2,17-27)25(18-9-5-3-6-10-18,19-11-7-4-8-12-19)23-16-29-22-14-13-20(26)15-21(22)28-23/h3-15H,16H2,1-2H3. The molecule has 0 amide bonds. The number of benzene rings is 3. The van der Waals surface area contributed by atoms with Crippen molar-refractivity contribution in [3.8, 4) is 11.8 Å². The maximum absolute atomic E-state index is 10.3. The molecule has 1 aliphatic rings. The first-order valence-electron chi connectivity index (χ1n) is 9.52. The zero-order chi connectivity index (χ0) is 20.5. The van der Waals surface area contributed by atoms with Gasteiger partial charge in [-0.05, 0) is 43.2 Å². The Hall–Kier alpha value is -3.09. The van der Waals surface area contributed by atoms with E-state index in [0.717, 1.165) is 16.8 Å². The molecule has 0 atom stereocenters. The lowest BCUT2D eigenvalue weighted by Gasteiger charge is -2.45. The Balaban J connectivity index is 2.08. The molecule has 3 aromatic rings. The summed E-state index contributed by atoms with van der Waals surface area (Å²) in [5, 5.41) is 10.9. The Morgan fingerprint density at radius 2 is 1.52 bits per heavy atom. The van der Waals surface area contributed by atoms with Crippen LogP contribution in [-0.2, 0) is 5.41 Å². The van der Waals surface area contributed by atoms with E-state index in [1.54, 1.807) is 12.1 Å². The van der Waals surface area contributed by atoms with E-state index in [4.69, 9.17) is 21.3 Å². The highest BCUT2D eigenvalue weighted by Crippen LogP contribution is 2.50. The number of nitriles is 1. The summed E-state index contributed by atoms with van der Waals surface area (Å²) in [5.41, 5.74) is 1.90. The van der Waals surface area contributed by atoms with Gasteiger partial charge >= 0.3 is 0 Å². The highest BCUT2D eigenvalue weighted by atomic mass is 35.5. The Bertz CT molecular complexity index is 1060. The Morgan fingerprint density at radius 3 is 2.07 bits per heavy atom. The van der Waals surface area contributed by atoms with Crippen LogP contribution in [0.4, 0.5) is 5.69 Å². The van der Waals surface area contributed by atoms with E-state index in [1.807, 2.05) is 56.3 Å². The molecule has 1 heterocycles. The van der Waals surface area contributed by atoms with Crippen LogP contribution in [0, 0.1) is 16.7 Å². The van der Waals surface area contributed by atoms with Crippen molar-refractivity contribution in [1.29, 1.82) is 5.26 Å². The molecule has 0 saturated carbocycles. The van der Waals surface area contributed by atoms with Gasteiger partial charge in [-0.3, -0.25) is 0 Å². The number of halogens is 1. The maximum Gasteiger partial charge on any atom is 0.145 e. The third kappa shape index (κ3) is 3.10. The molecule has 0 aliphatic carbocycles. The van der Waals surface area contributed by atoms with Gasteiger partial charge in [0.2, 0.25) is 0 Å². The minimum Gasteiger partial charge on any atom is -0.485 e. The fraction of sp³-hybridized carbons (Fsp3) is 0.200. The van der Waals surface area contributed by atoms with Crippen LogP contribution >= 0.6 is 11.6 Å². The number of aliphatic imine (C=N–C) groups is 1. The molecule has 0 saturated heterocycles. The summed E-state index contributed by atoms with van der Waals surface area (Å²) in [6.45, 7) is 4.22. The molecule has 0 radical (unpaired) electrons. The number of hydrogen-bond acceptors (Lipinski definition) is 3. The van der Waals surface area contributed by atoms with Crippen molar-refractivity contribution in [2.45, 2.75) is 19.3 Å². The molecule has 0 unspecified atom stereocenters.